The lowest BCUT2D eigenvalue weighted by Gasteiger charge is -2.35. The third-order valence-corrected chi connectivity index (χ3v) is 6.05. The second-order valence-corrected chi connectivity index (χ2v) is 8.25. The number of aromatic nitrogens is 2. The molecular weight excluding hydrogens is 362 g/mol. The highest BCUT2D eigenvalue weighted by Gasteiger charge is 2.23. The summed E-state index contributed by atoms with van der Waals surface area (Å²) in [5.41, 5.74) is 0. The topological polar surface area (TPSA) is 62.6 Å². The molecule has 2 aromatic heterocycles. The van der Waals surface area contributed by atoms with Crippen molar-refractivity contribution in [3.05, 3.63) is 34.7 Å². The first kappa shape index (κ1) is 18.6. The summed E-state index contributed by atoms with van der Waals surface area (Å²) in [5, 5.41) is 9.39. The predicted molar refractivity (Wildman–Crippen MR) is 106 cm³/mol. The Bertz CT molecular complexity index is 718. The average molecular weight is 390 g/mol. The second-order valence-electron chi connectivity index (χ2n) is 7.21. The van der Waals surface area contributed by atoms with E-state index in [0.717, 1.165) is 45.1 Å². The van der Waals surface area contributed by atoms with Gasteiger partial charge in [0.2, 0.25) is 5.91 Å². The summed E-state index contributed by atoms with van der Waals surface area (Å²) in [5.74, 6) is 0.779. The first-order valence-electron chi connectivity index (χ1n) is 9.66. The summed E-state index contributed by atoms with van der Waals surface area (Å²) in [6, 6.07) is 5.96. The minimum absolute atomic E-state index is 0.0236. The smallest absolute Gasteiger partial charge is 0.239 e. The van der Waals surface area contributed by atoms with Crippen LogP contribution in [0.1, 0.15) is 17.7 Å². The van der Waals surface area contributed by atoms with E-state index < -0.39 is 0 Å². The van der Waals surface area contributed by atoms with Crippen molar-refractivity contribution in [2.45, 2.75) is 25.5 Å². The van der Waals surface area contributed by atoms with E-state index in [9.17, 15) is 4.79 Å². The summed E-state index contributed by atoms with van der Waals surface area (Å²) in [6.07, 6.45) is 4.51. The molecular formula is C19H27N5O2S. The fourth-order valence-electron chi connectivity index (χ4n) is 3.71. The number of anilines is 1. The van der Waals surface area contributed by atoms with Gasteiger partial charge in [-0.2, -0.15) is 5.10 Å². The predicted octanol–water partition coefficient (Wildman–Crippen LogP) is 1.73. The Balaban J connectivity index is 1.22. The number of carbonyl (C=O) groups excluding carboxylic acids is 1. The van der Waals surface area contributed by atoms with E-state index in [1.807, 2.05) is 16.8 Å². The van der Waals surface area contributed by atoms with Crippen LogP contribution in [-0.4, -0.2) is 77.5 Å². The van der Waals surface area contributed by atoms with Crippen LogP contribution in [0, 0.1) is 0 Å². The molecule has 27 heavy (non-hydrogen) atoms. The van der Waals surface area contributed by atoms with Gasteiger partial charge in [-0.3, -0.25) is 14.6 Å². The maximum Gasteiger partial charge on any atom is 0.239 e. The van der Waals surface area contributed by atoms with Gasteiger partial charge in [0, 0.05) is 50.3 Å². The summed E-state index contributed by atoms with van der Waals surface area (Å²) in [6.45, 7) is 6.91. The minimum Gasteiger partial charge on any atom is -0.377 e. The Hall–Kier alpha value is -1.74. The third kappa shape index (κ3) is 5.16. The van der Waals surface area contributed by atoms with Crippen LogP contribution in [-0.2, 0) is 16.1 Å². The molecule has 146 valence electrons. The summed E-state index contributed by atoms with van der Waals surface area (Å²) < 4.78 is 7.56. The van der Waals surface area contributed by atoms with Gasteiger partial charge in [-0.25, -0.2) is 4.68 Å². The molecule has 1 amide bonds. The zero-order valence-electron chi connectivity index (χ0n) is 15.5. The number of nitrogens with zero attached hydrogens (tertiary/aromatic N) is 4. The lowest BCUT2D eigenvalue weighted by atomic mass is 10.2. The van der Waals surface area contributed by atoms with Gasteiger partial charge in [0.1, 0.15) is 5.82 Å². The number of piperazine rings is 1. The molecule has 0 aliphatic carbocycles. The Morgan fingerprint density at radius 2 is 2.11 bits per heavy atom. The molecule has 4 heterocycles. The van der Waals surface area contributed by atoms with Crippen molar-refractivity contribution in [3.63, 3.8) is 0 Å². The van der Waals surface area contributed by atoms with Crippen molar-refractivity contribution in [1.29, 1.82) is 0 Å². The number of hydrogen-bond donors (Lipinski definition) is 1. The molecule has 0 saturated carbocycles. The van der Waals surface area contributed by atoms with E-state index in [1.54, 1.807) is 17.5 Å². The fourth-order valence-corrected chi connectivity index (χ4v) is 4.39. The molecule has 0 bridgehead atoms. The number of ether oxygens (including phenoxy) is 1. The zero-order valence-corrected chi connectivity index (χ0v) is 16.4. The average Bonchev–Trinajstić information content (AvgIpc) is 3.42. The van der Waals surface area contributed by atoms with Crippen molar-refractivity contribution in [2.24, 2.45) is 0 Å². The van der Waals surface area contributed by atoms with Gasteiger partial charge in [0.05, 0.1) is 25.4 Å². The molecule has 0 aromatic carbocycles. The lowest BCUT2D eigenvalue weighted by Crippen LogP contribution is -2.50. The van der Waals surface area contributed by atoms with Gasteiger partial charge in [-0.1, -0.05) is 6.07 Å². The quantitative estimate of drug-likeness (QED) is 0.781. The highest BCUT2D eigenvalue weighted by atomic mass is 32.1. The van der Waals surface area contributed by atoms with Crippen LogP contribution in [0.3, 0.4) is 0 Å². The van der Waals surface area contributed by atoms with Gasteiger partial charge < -0.3 is 10.1 Å². The van der Waals surface area contributed by atoms with Crippen molar-refractivity contribution in [1.82, 2.24) is 19.6 Å². The Morgan fingerprint density at radius 1 is 1.26 bits per heavy atom. The standard InChI is InChI=1S/C19H27N5O2S/c25-19(21-18-5-6-20-24(18)14-17-4-2-12-27-17)15-23-9-7-22(8-10-23)13-16-3-1-11-26-16/h2,4-6,12,16H,1,3,7-11,13-15H2,(H,21,25). The number of carbonyl (C=O) groups is 1. The van der Waals surface area contributed by atoms with Crippen molar-refractivity contribution >= 4 is 23.1 Å². The lowest BCUT2D eigenvalue weighted by molar-refractivity contribution is -0.117. The van der Waals surface area contributed by atoms with Crippen molar-refractivity contribution < 1.29 is 9.53 Å². The van der Waals surface area contributed by atoms with Gasteiger partial charge in [-0.15, -0.1) is 11.3 Å². The van der Waals surface area contributed by atoms with Crippen LogP contribution in [0.4, 0.5) is 5.82 Å². The van der Waals surface area contributed by atoms with Crippen LogP contribution in [0.25, 0.3) is 0 Å². The number of rotatable bonds is 7. The summed E-state index contributed by atoms with van der Waals surface area (Å²) >= 11 is 1.69. The largest absolute Gasteiger partial charge is 0.377 e. The van der Waals surface area contributed by atoms with E-state index in [0.29, 0.717) is 19.2 Å². The molecule has 2 aliphatic rings. The first-order valence-corrected chi connectivity index (χ1v) is 10.5. The molecule has 2 fully saturated rings. The van der Waals surface area contributed by atoms with Gasteiger partial charge in [0.15, 0.2) is 0 Å². The maximum atomic E-state index is 12.5. The normalized spacial score (nSPS) is 21.6. The van der Waals surface area contributed by atoms with Gasteiger partial charge in [-0.05, 0) is 24.3 Å². The van der Waals surface area contributed by atoms with Gasteiger partial charge >= 0.3 is 0 Å². The van der Waals surface area contributed by atoms with E-state index in [-0.39, 0.29) is 5.91 Å². The van der Waals surface area contributed by atoms with Crippen molar-refractivity contribution in [3.8, 4) is 0 Å². The maximum absolute atomic E-state index is 12.5. The van der Waals surface area contributed by atoms with E-state index in [2.05, 4.69) is 31.7 Å². The Labute approximate surface area is 163 Å². The number of hydrogen-bond acceptors (Lipinski definition) is 6. The zero-order chi connectivity index (χ0) is 18.5. The number of nitrogens with one attached hydrogen (secondary N) is 1. The summed E-state index contributed by atoms with van der Waals surface area (Å²) in [7, 11) is 0. The monoisotopic (exact) mass is 389 g/mol. The molecule has 2 aliphatic heterocycles. The highest BCUT2D eigenvalue weighted by molar-refractivity contribution is 7.09. The second kappa shape index (κ2) is 8.97. The molecule has 2 saturated heterocycles. The van der Waals surface area contributed by atoms with E-state index in [4.69, 9.17) is 4.74 Å². The Morgan fingerprint density at radius 3 is 2.85 bits per heavy atom. The van der Waals surface area contributed by atoms with Gasteiger partial charge in [0.25, 0.3) is 0 Å². The van der Waals surface area contributed by atoms with Crippen LogP contribution >= 0.6 is 11.3 Å². The number of thiophene rings is 1. The molecule has 0 radical (unpaired) electrons. The van der Waals surface area contributed by atoms with E-state index in [1.165, 1.54) is 17.7 Å². The van der Waals surface area contributed by atoms with Crippen LogP contribution in [0.5, 0.6) is 0 Å². The SMILES string of the molecule is O=C(CN1CCN(CC2CCCO2)CC1)Nc1ccnn1Cc1cccs1. The van der Waals surface area contributed by atoms with Crippen LogP contribution < -0.4 is 5.32 Å². The molecule has 2 aromatic rings. The molecule has 1 N–H and O–H groups in total. The highest BCUT2D eigenvalue weighted by Crippen LogP contribution is 2.16. The van der Waals surface area contributed by atoms with Crippen molar-refractivity contribution in [2.75, 3.05) is 51.2 Å². The van der Waals surface area contributed by atoms with Crippen LogP contribution in [0.15, 0.2) is 29.8 Å². The minimum atomic E-state index is 0.0236. The molecule has 1 unspecified atom stereocenters. The fraction of sp³-hybridized carbons (Fsp3) is 0.579. The molecule has 8 heteroatoms. The summed E-state index contributed by atoms with van der Waals surface area (Å²) in [4.78, 5) is 18.4. The molecule has 1 atom stereocenters. The number of amides is 1. The molecule has 4 rings (SSSR count). The van der Waals surface area contributed by atoms with Crippen LogP contribution in [0.2, 0.25) is 0 Å². The van der Waals surface area contributed by atoms with E-state index >= 15 is 0 Å². The molecule has 0 spiro atoms. The third-order valence-electron chi connectivity index (χ3n) is 5.19. The first-order chi connectivity index (χ1) is 13.3. The Kier molecular flexibility index (Phi) is 6.18. The molecule has 7 nitrogen and oxygen atoms in total.